The van der Waals surface area contributed by atoms with Crippen LogP contribution in [0.3, 0.4) is 0 Å². The zero-order valence-corrected chi connectivity index (χ0v) is 20.0. The molecule has 0 spiro atoms. The first-order valence-corrected chi connectivity index (χ1v) is 11.5. The molecule has 1 aliphatic rings. The number of anilines is 1. The van der Waals surface area contributed by atoms with Gasteiger partial charge < -0.3 is 14.8 Å². The zero-order valence-electron chi connectivity index (χ0n) is 17.0. The number of rotatable bonds is 8. The van der Waals surface area contributed by atoms with Crippen molar-refractivity contribution in [3.05, 3.63) is 56.5 Å². The molecule has 1 aliphatic heterocycles. The summed E-state index contributed by atoms with van der Waals surface area (Å²) in [4.78, 5) is 38.5. The van der Waals surface area contributed by atoms with Crippen molar-refractivity contribution in [3.63, 3.8) is 0 Å². The van der Waals surface area contributed by atoms with Crippen LogP contribution in [0.15, 0.2) is 47.4 Å². The predicted octanol–water partition coefficient (Wildman–Crippen LogP) is 4.76. The fourth-order valence-electron chi connectivity index (χ4n) is 2.81. The highest BCUT2D eigenvalue weighted by Crippen LogP contribution is 2.33. The van der Waals surface area contributed by atoms with Crippen molar-refractivity contribution >= 4 is 63.2 Å². The van der Waals surface area contributed by atoms with Gasteiger partial charge in [-0.05, 0) is 96.2 Å². The molecule has 3 rings (SSSR count). The van der Waals surface area contributed by atoms with E-state index in [2.05, 4.69) is 27.9 Å². The quantitative estimate of drug-likeness (QED) is 0.376. The van der Waals surface area contributed by atoms with Crippen molar-refractivity contribution in [3.8, 4) is 11.5 Å². The van der Waals surface area contributed by atoms with Crippen molar-refractivity contribution in [2.75, 3.05) is 25.1 Å². The molecule has 1 heterocycles. The van der Waals surface area contributed by atoms with Crippen LogP contribution in [0.5, 0.6) is 11.5 Å². The third-order valence-electron chi connectivity index (χ3n) is 4.18. The van der Waals surface area contributed by atoms with Gasteiger partial charge in [0.25, 0.3) is 11.1 Å². The number of nitrogens with zero attached hydrogens (tertiary/aromatic N) is 1. The highest BCUT2D eigenvalue weighted by atomic mass is 127. The van der Waals surface area contributed by atoms with E-state index in [0.717, 1.165) is 31.5 Å². The lowest BCUT2D eigenvalue weighted by Gasteiger charge is -2.12. The number of carbonyl (C=O) groups is 3. The number of halogens is 1. The van der Waals surface area contributed by atoms with Crippen LogP contribution in [0, 0.1) is 3.57 Å². The van der Waals surface area contributed by atoms with Crippen LogP contribution < -0.4 is 14.8 Å². The minimum Gasteiger partial charge on any atom is -0.494 e. The predicted molar refractivity (Wildman–Crippen MR) is 129 cm³/mol. The van der Waals surface area contributed by atoms with Crippen LogP contribution >= 0.6 is 34.4 Å². The molecule has 2 aromatic carbocycles. The average Bonchev–Trinajstić information content (AvgIpc) is 2.99. The first-order chi connectivity index (χ1) is 14.9. The van der Waals surface area contributed by atoms with Crippen molar-refractivity contribution < 1.29 is 23.9 Å². The largest absolute Gasteiger partial charge is 0.494 e. The Morgan fingerprint density at radius 3 is 2.45 bits per heavy atom. The van der Waals surface area contributed by atoms with Crippen LogP contribution in [0.1, 0.15) is 19.4 Å². The molecule has 1 fully saturated rings. The number of carbonyl (C=O) groups excluding carboxylic acids is 3. The van der Waals surface area contributed by atoms with Gasteiger partial charge in [0.1, 0.15) is 18.0 Å². The summed E-state index contributed by atoms with van der Waals surface area (Å²) in [5.74, 6) is 0.518. The van der Waals surface area contributed by atoms with E-state index in [-0.39, 0.29) is 11.4 Å². The molecular formula is C22H21IN2O5S. The van der Waals surface area contributed by atoms with E-state index in [0.29, 0.717) is 24.7 Å². The lowest BCUT2D eigenvalue weighted by atomic mass is 10.2. The molecule has 1 N–H and O–H groups in total. The average molecular weight is 552 g/mol. The van der Waals surface area contributed by atoms with Gasteiger partial charge in [0.15, 0.2) is 0 Å². The molecule has 0 unspecified atom stereocenters. The van der Waals surface area contributed by atoms with E-state index in [9.17, 15) is 14.4 Å². The maximum absolute atomic E-state index is 12.7. The van der Waals surface area contributed by atoms with Crippen LogP contribution in [0.25, 0.3) is 6.08 Å². The summed E-state index contributed by atoms with van der Waals surface area (Å²) in [5.41, 5.74) is 1.33. The number of ether oxygens (including phenoxy) is 2. The summed E-state index contributed by atoms with van der Waals surface area (Å²) in [6.45, 7) is 4.56. The molecule has 0 aromatic heterocycles. The van der Waals surface area contributed by atoms with Gasteiger partial charge in [-0.15, -0.1) is 0 Å². The van der Waals surface area contributed by atoms with Gasteiger partial charge in [0.2, 0.25) is 5.91 Å². The number of hydrogen-bond acceptors (Lipinski definition) is 6. The van der Waals surface area contributed by atoms with E-state index < -0.39 is 17.1 Å². The molecule has 0 bridgehead atoms. The van der Waals surface area contributed by atoms with Crippen LogP contribution in [0.2, 0.25) is 0 Å². The highest BCUT2D eigenvalue weighted by Gasteiger charge is 2.36. The van der Waals surface area contributed by atoms with Crippen LogP contribution in [0.4, 0.5) is 10.5 Å². The number of hydrogen-bond donors (Lipinski definition) is 1. The Bertz CT molecular complexity index is 1020. The number of benzene rings is 2. The maximum Gasteiger partial charge on any atom is 0.294 e. The van der Waals surface area contributed by atoms with Crippen molar-refractivity contribution in [1.29, 1.82) is 0 Å². The minimum atomic E-state index is -0.485. The Kier molecular flexibility index (Phi) is 7.97. The fraction of sp³-hybridized carbons (Fsp3) is 0.227. The molecule has 0 radical (unpaired) electrons. The number of amides is 3. The third kappa shape index (κ3) is 6.01. The van der Waals surface area contributed by atoms with E-state index in [1.165, 1.54) is 0 Å². The number of thioether (sulfide) groups is 1. The highest BCUT2D eigenvalue weighted by molar-refractivity contribution is 14.1. The second-order valence-corrected chi connectivity index (χ2v) is 8.55. The first-order valence-electron chi connectivity index (χ1n) is 9.61. The van der Waals surface area contributed by atoms with Gasteiger partial charge in [0, 0.05) is 5.69 Å². The van der Waals surface area contributed by atoms with E-state index in [4.69, 9.17) is 9.47 Å². The molecule has 9 heteroatoms. The molecule has 7 nitrogen and oxygen atoms in total. The standard InChI is InChI=1S/C22H21IN2O5S/c1-3-29-16-8-6-15(7-9-16)24-20(26)13-25-21(27)19(31-22(25)28)12-14-5-10-18(30-4-2)17(23)11-14/h5-12H,3-4,13H2,1-2H3,(H,24,26)/b19-12+. The van der Waals surface area contributed by atoms with Crippen molar-refractivity contribution in [2.45, 2.75) is 13.8 Å². The number of imide groups is 1. The smallest absolute Gasteiger partial charge is 0.294 e. The van der Waals surface area contributed by atoms with Crippen LogP contribution in [-0.2, 0) is 9.59 Å². The summed E-state index contributed by atoms with van der Waals surface area (Å²) in [5, 5.41) is 2.21. The van der Waals surface area contributed by atoms with Crippen molar-refractivity contribution in [2.24, 2.45) is 0 Å². The second-order valence-electron chi connectivity index (χ2n) is 6.40. The SMILES string of the molecule is CCOc1ccc(NC(=O)CN2C(=O)S/C(=C/c3ccc(OCC)c(I)c3)C2=O)cc1. The van der Waals surface area contributed by atoms with Gasteiger partial charge >= 0.3 is 0 Å². The topological polar surface area (TPSA) is 84.9 Å². The molecule has 2 aromatic rings. The summed E-state index contributed by atoms with van der Waals surface area (Å²) in [6, 6.07) is 12.4. The summed E-state index contributed by atoms with van der Waals surface area (Å²) in [6.07, 6.45) is 1.65. The summed E-state index contributed by atoms with van der Waals surface area (Å²) in [7, 11) is 0. The summed E-state index contributed by atoms with van der Waals surface area (Å²) >= 11 is 2.98. The van der Waals surface area contributed by atoms with E-state index in [1.54, 1.807) is 30.3 Å². The molecule has 0 atom stereocenters. The normalized spacial score (nSPS) is 14.8. The Labute approximate surface area is 198 Å². The molecule has 3 amide bonds. The summed E-state index contributed by atoms with van der Waals surface area (Å²) < 4.78 is 11.8. The van der Waals surface area contributed by atoms with E-state index in [1.807, 2.05) is 32.0 Å². The lowest BCUT2D eigenvalue weighted by molar-refractivity contribution is -0.127. The van der Waals surface area contributed by atoms with Gasteiger partial charge in [-0.3, -0.25) is 19.3 Å². The lowest BCUT2D eigenvalue weighted by Crippen LogP contribution is -2.36. The molecule has 0 saturated carbocycles. The zero-order chi connectivity index (χ0) is 22.4. The molecule has 1 saturated heterocycles. The first kappa shape index (κ1) is 23.1. The van der Waals surface area contributed by atoms with E-state index >= 15 is 0 Å². The number of nitrogens with one attached hydrogen (secondary N) is 1. The second kappa shape index (κ2) is 10.7. The van der Waals surface area contributed by atoms with Crippen molar-refractivity contribution in [1.82, 2.24) is 4.90 Å². The Balaban J connectivity index is 1.65. The monoisotopic (exact) mass is 552 g/mol. The fourth-order valence-corrected chi connectivity index (χ4v) is 4.35. The Hall–Kier alpha value is -2.53. The Morgan fingerprint density at radius 1 is 1.10 bits per heavy atom. The minimum absolute atomic E-state index is 0.277. The molecule has 31 heavy (non-hydrogen) atoms. The van der Waals surface area contributed by atoms with Gasteiger partial charge in [-0.1, -0.05) is 6.07 Å². The van der Waals surface area contributed by atoms with Gasteiger partial charge in [-0.25, -0.2) is 0 Å². The molecule has 0 aliphatic carbocycles. The molecular weight excluding hydrogens is 531 g/mol. The van der Waals surface area contributed by atoms with Crippen LogP contribution in [-0.4, -0.2) is 41.7 Å². The van der Waals surface area contributed by atoms with Gasteiger partial charge in [0.05, 0.1) is 21.7 Å². The Morgan fingerprint density at radius 2 is 1.81 bits per heavy atom. The molecule has 162 valence electrons. The third-order valence-corrected chi connectivity index (χ3v) is 5.93. The van der Waals surface area contributed by atoms with Gasteiger partial charge in [-0.2, -0.15) is 0 Å². The maximum atomic E-state index is 12.7.